The molecular weight excluding hydrogens is 338 g/mol. The van der Waals surface area contributed by atoms with Crippen LogP contribution in [-0.2, 0) is 6.42 Å². The second-order valence-corrected chi connectivity index (χ2v) is 9.31. The Kier molecular flexibility index (Phi) is 10.7. The Morgan fingerprint density at radius 2 is 1.50 bits per heavy atom. The van der Waals surface area contributed by atoms with Crippen LogP contribution in [0, 0.1) is 16.7 Å². The first kappa shape index (κ1) is 23.0. The van der Waals surface area contributed by atoms with Gasteiger partial charge in [-0.25, -0.2) is 0 Å². The summed E-state index contributed by atoms with van der Waals surface area (Å²) in [5.41, 5.74) is 3.11. The zero-order valence-corrected chi connectivity index (χ0v) is 18.6. The molecule has 1 heteroatoms. The Morgan fingerprint density at radius 3 is 2.14 bits per heavy atom. The number of hydrogen-bond donors (Lipinski definition) is 0. The van der Waals surface area contributed by atoms with E-state index in [1.54, 1.807) is 0 Å². The summed E-state index contributed by atoms with van der Waals surface area (Å²) in [6.45, 7) is 4.56. The molecule has 156 valence electrons. The first-order valence-electron chi connectivity index (χ1n) is 12.2. The summed E-state index contributed by atoms with van der Waals surface area (Å²) < 4.78 is 0. The van der Waals surface area contributed by atoms with Crippen LogP contribution in [0.25, 0.3) is 0 Å². The van der Waals surface area contributed by atoms with Crippen molar-refractivity contribution in [3.63, 3.8) is 0 Å². The van der Waals surface area contributed by atoms with E-state index in [1.807, 2.05) is 0 Å². The van der Waals surface area contributed by atoms with Crippen molar-refractivity contribution in [3.8, 4) is 6.07 Å². The van der Waals surface area contributed by atoms with Crippen LogP contribution in [0.3, 0.4) is 0 Å². The smallest absolute Gasteiger partial charge is 0.0718 e. The number of rotatable bonds is 13. The van der Waals surface area contributed by atoms with Crippen LogP contribution in [0.2, 0.25) is 0 Å². The third kappa shape index (κ3) is 7.62. The van der Waals surface area contributed by atoms with Crippen molar-refractivity contribution in [3.05, 3.63) is 35.4 Å². The fourth-order valence-corrected chi connectivity index (χ4v) is 5.13. The summed E-state index contributed by atoms with van der Waals surface area (Å²) in [7, 11) is 0. The van der Waals surface area contributed by atoms with Gasteiger partial charge in [0.2, 0.25) is 0 Å². The average molecular weight is 382 g/mol. The van der Waals surface area contributed by atoms with Crippen LogP contribution in [0.5, 0.6) is 0 Å². The van der Waals surface area contributed by atoms with Gasteiger partial charge in [0.15, 0.2) is 0 Å². The number of benzene rings is 1. The SMILES string of the molecule is CCCCCCCc1ccc(C(C#N)CC2(CCCCC)CCCCC2)cc1. The Hall–Kier alpha value is -1.29. The number of nitrogens with zero attached hydrogens (tertiary/aromatic N) is 1. The van der Waals surface area contributed by atoms with Gasteiger partial charge in [-0.1, -0.05) is 102 Å². The molecule has 1 saturated carbocycles. The maximum Gasteiger partial charge on any atom is 0.0718 e. The lowest BCUT2D eigenvalue weighted by molar-refractivity contribution is 0.147. The predicted octanol–water partition coefficient (Wildman–Crippen LogP) is 8.73. The number of nitriles is 1. The summed E-state index contributed by atoms with van der Waals surface area (Å²) in [5, 5.41) is 9.94. The first-order valence-corrected chi connectivity index (χ1v) is 12.2. The van der Waals surface area contributed by atoms with Gasteiger partial charge < -0.3 is 0 Å². The minimum Gasteiger partial charge on any atom is -0.198 e. The molecule has 1 unspecified atom stereocenters. The molecule has 1 fully saturated rings. The molecule has 1 aliphatic carbocycles. The Labute approximate surface area is 174 Å². The molecule has 28 heavy (non-hydrogen) atoms. The standard InChI is InChI=1S/C27H43N/c1-3-5-7-8-10-14-24-15-17-25(18-16-24)26(23-28)22-27(19-11-6-4-2)20-12-9-13-21-27/h15-18,26H,3-14,19-22H2,1-2H3. The summed E-state index contributed by atoms with van der Waals surface area (Å²) in [4.78, 5) is 0. The average Bonchev–Trinajstić information content (AvgIpc) is 2.73. The highest BCUT2D eigenvalue weighted by molar-refractivity contribution is 5.29. The number of aryl methyl sites for hydroxylation is 1. The highest BCUT2D eigenvalue weighted by Crippen LogP contribution is 2.47. The molecule has 0 bridgehead atoms. The normalized spacial score (nSPS) is 17.2. The van der Waals surface area contributed by atoms with Crippen LogP contribution in [0.4, 0.5) is 0 Å². The van der Waals surface area contributed by atoms with Gasteiger partial charge in [-0.3, -0.25) is 0 Å². The molecular formula is C27H43N. The quantitative estimate of drug-likeness (QED) is 0.313. The van der Waals surface area contributed by atoms with Crippen molar-refractivity contribution < 1.29 is 0 Å². The summed E-state index contributed by atoms with van der Waals surface area (Å²) in [6, 6.07) is 11.7. The van der Waals surface area contributed by atoms with E-state index in [2.05, 4.69) is 44.2 Å². The molecule has 1 aliphatic rings. The maximum atomic E-state index is 9.94. The zero-order valence-electron chi connectivity index (χ0n) is 18.6. The van der Waals surface area contributed by atoms with Crippen LogP contribution in [-0.4, -0.2) is 0 Å². The first-order chi connectivity index (χ1) is 13.7. The third-order valence-corrected chi connectivity index (χ3v) is 6.97. The molecule has 1 atom stereocenters. The van der Waals surface area contributed by atoms with E-state index in [0.717, 1.165) is 6.42 Å². The lowest BCUT2D eigenvalue weighted by Crippen LogP contribution is -2.26. The molecule has 0 amide bonds. The Morgan fingerprint density at radius 1 is 0.857 bits per heavy atom. The van der Waals surface area contributed by atoms with Crippen molar-refractivity contribution in [2.75, 3.05) is 0 Å². The monoisotopic (exact) mass is 381 g/mol. The van der Waals surface area contributed by atoms with Gasteiger partial charge in [-0.05, 0) is 55.1 Å². The van der Waals surface area contributed by atoms with Crippen molar-refractivity contribution in [1.82, 2.24) is 0 Å². The van der Waals surface area contributed by atoms with Gasteiger partial charge in [0.25, 0.3) is 0 Å². The Balaban J connectivity index is 1.94. The van der Waals surface area contributed by atoms with E-state index in [9.17, 15) is 5.26 Å². The molecule has 0 aromatic heterocycles. The fraction of sp³-hybridized carbons (Fsp3) is 0.741. The molecule has 2 rings (SSSR count). The second kappa shape index (κ2) is 13.0. The fourth-order valence-electron chi connectivity index (χ4n) is 5.13. The molecule has 0 radical (unpaired) electrons. The van der Waals surface area contributed by atoms with E-state index >= 15 is 0 Å². The van der Waals surface area contributed by atoms with Gasteiger partial charge >= 0.3 is 0 Å². The minimum atomic E-state index is 0.0679. The van der Waals surface area contributed by atoms with Crippen molar-refractivity contribution in [1.29, 1.82) is 5.26 Å². The molecule has 1 aromatic rings. The predicted molar refractivity (Wildman–Crippen MR) is 122 cm³/mol. The molecule has 0 heterocycles. The number of unbranched alkanes of at least 4 members (excludes halogenated alkanes) is 6. The molecule has 0 N–H and O–H groups in total. The van der Waals surface area contributed by atoms with Gasteiger partial charge in [0.05, 0.1) is 12.0 Å². The maximum absolute atomic E-state index is 9.94. The molecule has 0 aliphatic heterocycles. The van der Waals surface area contributed by atoms with E-state index in [0.29, 0.717) is 5.41 Å². The minimum absolute atomic E-state index is 0.0679. The van der Waals surface area contributed by atoms with Crippen LogP contribution < -0.4 is 0 Å². The highest BCUT2D eigenvalue weighted by atomic mass is 14.4. The van der Waals surface area contributed by atoms with Gasteiger partial charge in [0, 0.05) is 0 Å². The third-order valence-electron chi connectivity index (χ3n) is 6.97. The van der Waals surface area contributed by atoms with E-state index in [4.69, 9.17) is 0 Å². The lowest BCUT2D eigenvalue weighted by Gasteiger charge is -2.39. The Bertz CT molecular complexity index is 559. The second-order valence-electron chi connectivity index (χ2n) is 9.31. The highest BCUT2D eigenvalue weighted by Gasteiger charge is 2.34. The van der Waals surface area contributed by atoms with E-state index < -0.39 is 0 Å². The van der Waals surface area contributed by atoms with E-state index in [1.165, 1.54) is 107 Å². The van der Waals surface area contributed by atoms with Crippen LogP contribution in [0.15, 0.2) is 24.3 Å². The van der Waals surface area contributed by atoms with Crippen molar-refractivity contribution in [2.45, 2.75) is 122 Å². The zero-order chi connectivity index (χ0) is 20.1. The van der Waals surface area contributed by atoms with Crippen molar-refractivity contribution in [2.24, 2.45) is 5.41 Å². The summed E-state index contributed by atoms with van der Waals surface area (Å²) >= 11 is 0. The molecule has 0 spiro atoms. The summed E-state index contributed by atoms with van der Waals surface area (Å²) in [6.07, 6.45) is 21.0. The number of hydrogen-bond acceptors (Lipinski definition) is 1. The molecule has 1 nitrogen and oxygen atoms in total. The van der Waals surface area contributed by atoms with Crippen molar-refractivity contribution >= 4 is 0 Å². The largest absolute Gasteiger partial charge is 0.198 e. The van der Waals surface area contributed by atoms with Crippen LogP contribution in [0.1, 0.15) is 127 Å². The summed E-state index contributed by atoms with van der Waals surface area (Å²) in [5.74, 6) is 0.0679. The van der Waals surface area contributed by atoms with E-state index in [-0.39, 0.29) is 5.92 Å². The molecule has 0 saturated heterocycles. The van der Waals surface area contributed by atoms with Crippen LogP contribution >= 0.6 is 0 Å². The van der Waals surface area contributed by atoms with Gasteiger partial charge in [0.1, 0.15) is 0 Å². The topological polar surface area (TPSA) is 23.8 Å². The lowest BCUT2D eigenvalue weighted by atomic mass is 9.65. The van der Waals surface area contributed by atoms with Gasteiger partial charge in [-0.2, -0.15) is 5.26 Å². The molecule has 1 aromatic carbocycles. The van der Waals surface area contributed by atoms with Gasteiger partial charge in [-0.15, -0.1) is 0 Å².